The van der Waals surface area contributed by atoms with Crippen molar-refractivity contribution in [1.29, 1.82) is 0 Å². The topological polar surface area (TPSA) is 59.0 Å². The molecule has 132 valence electrons. The quantitative estimate of drug-likeness (QED) is 0.715. The van der Waals surface area contributed by atoms with Gasteiger partial charge in [-0.15, -0.1) is 0 Å². The monoisotopic (exact) mass is 398 g/mol. The van der Waals surface area contributed by atoms with E-state index < -0.39 is 12.0 Å². The molecule has 0 radical (unpaired) electrons. The zero-order valence-electron chi connectivity index (χ0n) is 13.9. The fourth-order valence-electron chi connectivity index (χ4n) is 2.98. The Labute approximate surface area is 160 Å². The number of aliphatic imine (C=N–C) groups is 1. The summed E-state index contributed by atoms with van der Waals surface area (Å²) in [6.07, 6.45) is 0.673. The molecule has 1 aromatic rings. The predicted molar refractivity (Wildman–Crippen MR) is 99.9 cm³/mol. The van der Waals surface area contributed by atoms with Gasteiger partial charge in [-0.3, -0.25) is 9.69 Å². The van der Waals surface area contributed by atoms with Crippen molar-refractivity contribution < 1.29 is 14.3 Å². The standard InChI is InChI=1S/C17H16Cl2N2O3S/c1-4-12-15(22)21-14(10-6-5-9(18)7-11(10)19)13(16(23)24-3)8(2)20-17(21)25-12/h5-7,12,14H,4H2,1-3H3. The number of hydrogen-bond donors (Lipinski definition) is 0. The van der Waals surface area contributed by atoms with Gasteiger partial charge in [0.05, 0.1) is 29.7 Å². The minimum atomic E-state index is -0.679. The number of amides is 1. The van der Waals surface area contributed by atoms with E-state index in [-0.39, 0.29) is 11.2 Å². The number of rotatable bonds is 3. The lowest BCUT2D eigenvalue weighted by molar-refractivity contribution is -0.137. The van der Waals surface area contributed by atoms with Crippen LogP contribution in [0.5, 0.6) is 0 Å². The number of allylic oxidation sites excluding steroid dienone is 1. The van der Waals surface area contributed by atoms with Crippen molar-refractivity contribution in [2.75, 3.05) is 7.11 Å². The summed E-state index contributed by atoms with van der Waals surface area (Å²) < 4.78 is 4.93. The summed E-state index contributed by atoms with van der Waals surface area (Å²) in [5, 5.41) is 1.22. The summed E-state index contributed by atoms with van der Waals surface area (Å²) in [6.45, 7) is 3.68. The zero-order chi connectivity index (χ0) is 18.3. The van der Waals surface area contributed by atoms with Gasteiger partial charge >= 0.3 is 5.97 Å². The van der Waals surface area contributed by atoms with Crippen molar-refractivity contribution in [1.82, 2.24) is 4.90 Å². The number of carbonyl (C=O) groups excluding carboxylic acids is 2. The van der Waals surface area contributed by atoms with Gasteiger partial charge in [0.2, 0.25) is 5.91 Å². The molecule has 25 heavy (non-hydrogen) atoms. The number of esters is 1. The molecule has 0 aliphatic carbocycles. The predicted octanol–water partition coefficient (Wildman–Crippen LogP) is 4.21. The second-order valence-electron chi connectivity index (χ2n) is 5.68. The zero-order valence-corrected chi connectivity index (χ0v) is 16.2. The van der Waals surface area contributed by atoms with Crippen molar-refractivity contribution in [3.63, 3.8) is 0 Å². The summed E-state index contributed by atoms with van der Waals surface area (Å²) in [7, 11) is 1.30. The Morgan fingerprint density at radius 2 is 2.12 bits per heavy atom. The first-order valence-corrected chi connectivity index (χ1v) is 9.35. The number of halogens is 2. The highest BCUT2D eigenvalue weighted by Gasteiger charge is 2.47. The Morgan fingerprint density at radius 3 is 2.72 bits per heavy atom. The first-order chi connectivity index (χ1) is 11.9. The fourth-order valence-corrected chi connectivity index (χ4v) is 4.62. The fraction of sp³-hybridized carbons (Fsp3) is 0.353. The average Bonchev–Trinajstić information content (AvgIpc) is 2.89. The van der Waals surface area contributed by atoms with Gasteiger partial charge < -0.3 is 4.74 Å². The van der Waals surface area contributed by atoms with Crippen LogP contribution in [0.25, 0.3) is 0 Å². The van der Waals surface area contributed by atoms with E-state index in [1.807, 2.05) is 6.92 Å². The third-order valence-electron chi connectivity index (χ3n) is 4.18. The van der Waals surface area contributed by atoms with Gasteiger partial charge in [-0.2, -0.15) is 0 Å². The Morgan fingerprint density at radius 1 is 1.40 bits per heavy atom. The van der Waals surface area contributed by atoms with Gasteiger partial charge in [-0.25, -0.2) is 9.79 Å². The van der Waals surface area contributed by atoms with Crippen molar-refractivity contribution >= 4 is 52.0 Å². The highest BCUT2D eigenvalue weighted by molar-refractivity contribution is 8.15. The lowest BCUT2D eigenvalue weighted by Crippen LogP contribution is -2.40. The van der Waals surface area contributed by atoms with Crippen LogP contribution in [-0.4, -0.2) is 34.3 Å². The molecule has 0 N–H and O–H groups in total. The molecule has 2 aliphatic heterocycles. The third kappa shape index (κ3) is 3.07. The van der Waals surface area contributed by atoms with E-state index in [0.29, 0.717) is 38.5 Å². The molecule has 1 fully saturated rings. The summed E-state index contributed by atoms with van der Waals surface area (Å²) in [5.41, 5.74) is 1.44. The lowest BCUT2D eigenvalue weighted by Gasteiger charge is -2.33. The Balaban J connectivity index is 2.20. The highest BCUT2D eigenvalue weighted by atomic mass is 35.5. The smallest absolute Gasteiger partial charge is 0.338 e. The molecule has 2 atom stereocenters. The molecule has 3 rings (SSSR count). The molecule has 1 saturated heterocycles. The average molecular weight is 399 g/mol. The Hall–Kier alpha value is -1.50. The van der Waals surface area contributed by atoms with Crippen molar-refractivity contribution in [3.05, 3.63) is 45.1 Å². The molecule has 1 amide bonds. The van der Waals surface area contributed by atoms with E-state index in [0.717, 1.165) is 0 Å². The van der Waals surface area contributed by atoms with Crippen molar-refractivity contribution in [3.8, 4) is 0 Å². The Bertz CT molecular complexity index is 822. The molecule has 2 aliphatic rings. The summed E-state index contributed by atoms with van der Waals surface area (Å²) in [6, 6.07) is 4.33. The highest BCUT2D eigenvalue weighted by Crippen LogP contribution is 2.45. The van der Waals surface area contributed by atoms with Crippen LogP contribution in [0.1, 0.15) is 31.9 Å². The molecule has 2 heterocycles. The van der Waals surface area contributed by atoms with E-state index in [9.17, 15) is 9.59 Å². The number of methoxy groups -OCH3 is 1. The van der Waals surface area contributed by atoms with E-state index >= 15 is 0 Å². The van der Waals surface area contributed by atoms with Gasteiger partial charge in [-0.05, 0) is 31.0 Å². The summed E-state index contributed by atoms with van der Waals surface area (Å²) >= 11 is 13.8. The minimum absolute atomic E-state index is 0.0869. The van der Waals surface area contributed by atoms with Crippen LogP contribution in [0.4, 0.5) is 0 Å². The molecular weight excluding hydrogens is 383 g/mol. The number of nitrogens with zero attached hydrogens (tertiary/aromatic N) is 2. The van der Waals surface area contributed by atoms with Crippen molar-refractivity contribution in [2.24, 2.45) is 4.99 Å². The first-order valence-electron chi connectivity index (χ1n) is 7.71. The van der Waals surface area contributed by atoms with Crippen LogP contribution in [-0.2, 0) is 14.3 Å². The number of thioether (sulfide) groups is 1. The first kappa shape index (κ1) is 18.3. The molecular formula is C17H16Cl2N2O3S. The van der Waals surface area contributed by atoms with Crippen molar-refractivity contribution in [2.45, 2.75) is 31.6 Å². The van der Waals surface area contributed by atoms with Gasteiger partial charge in [-0.1, -0.05) is 48.0 Å². The van der Waals surface area contributed by atoms with Crippen LogP contribution in [0.3, 0.4) is 0 Å². The summed E-state index contributed by atoms with van der Waals surface area (Å²) in [4.78, 5) is 31.3. The number of amidine groups is 1. The summed E-state index contributed by atoms with van der Waals surface area (Å²) in [5.74, 6) is -0.620. The maximum absolute atomic E-state index is 12.9. The normalized spacial score (nSPS) is 22.8. The van der Waals surface area contributed by atoms with Crippen LogP contribution in [0.2, 0.25) is 10.0 Å². The largest absolute Gasteiger partial charge is 0.466 e. The minimum Gasteiger partial charge on any atom is -0.466 e. The molecule has 0 spiro atoms. The molecule has 2 unspecified atom stereocenters. The SMILES string of the molecule is CCC1SC2=NC(C)=C(C(=O)OC)C(c3ccc(Cl)cc3Cl)N2C1=O. The van der Waals surface area contributed by atoms with E-state index in [2.05, 4.69) is 4.99 Å². The third-order valence-corrected chi connectivity index (χ3v) is 6.07. The van der Waals surface area contributed by atoms with Crippen LogP contribution in [0, 0.1) is 0 Å². The molecule has 0 saturated carbocycles. The second kappa shape index (κ2) is 7.02. The van der Waals surface area contributed by atoms with Gasteiger partial charge in [0.25, 0.3) is 0 Å². The van der Waals surface area contributed by atoms with Gasteiger partial charge in [0, 0.05) is 10.0 Å². The number of benzene rings is 1. The molecule has 1 aromatic carbocycles. The Kier molecular flexibility index (Phi) is 5.14. The van der Waals surface area contributed by atoms with E-state index in [1.54, 1.807) is 30.0 Å². The van der Waals surface area contributed by atoms with Crippen LogP contribution in [0.15, 0.2) is 34.5 Å². The van der Waals surface area contributed by atoms with Gasteiger partial charge in [0.1, 0.15) is 0 Å². The number of ether oxygens (including phenoxy) is 1. The maximum Gasteiger partial charge on any atom is 0.338 e. The lowest BCUT2D eigenvalue weighted by atomic mass is 9.94. The second-order valence-corrected chi connectivity index (χ2v) is 7.69. The molecule has 0 bridgehead atoms. The number of carbonyl (C=O) groups is 2. The van der Waals surface area contributed by atoms with Gasteiger partial charge in [0.15, 0.2) is 5.17 Å². The van der Waals surface area contributed by atoms with Crippen LogP contribution >= 0.6 is 35.0 Å². The van der Waals surface area contributed by atoms with Crippen LogP contribution < -0.4 is 0 Å². The number of hydrogen-bond acceptors (Lipinski definition) is 5. The molecule has 0 aromatic heterocycles. The van der Waals surface area contributed by atoms with E-state index in [4.69, 9.17) is 27.9 Å². The van der Waals surface area contributed by atoms with E-state index in [1.165, 1.54) is 18.9 Å². The molecule has 5 nitrogen and oxygen atoms in total. The maximum atomic E-state index is 12.9. The number of fused-ring (bicyclic) bond motifs is 1. The molecule has 8 heteroatoms.